The molecule has 3 rings (SSSR count). The van der Waals surface area contributed by atoms with Crippen molar-refractivity contribution in [3.05, 3.63) is 72.6 Å². The first-order valence-electron chi connectivity index (χ1n) is 6.66. The maximum Gasteiger partial charge on any atom is 0.149 e. The summed E-state index contributed by atoms with van der Waals surface area (Å²) in [6.45, 7) is 0.528. The second-order valence-corrected chi connectivity index (χ2v) is 4.59. The van der Waals surface area contributed by atoms with Crippen LogP contribution in [0.2, 0.25) is 0 Å². The fourth-order valence-corrected chi connectivity index (χ4v) is 2.01. The van der Waals surface area contributed by atoms with E-state index in [-0.39, 0.29) is 0 Å². The highest BCUT2D eigenvalue weighted by atomic mass is 16.5. The lowest BCUT2D eigenvalue weighted by Gasteiger charge is -2.07. The van der Waals surface area contributed by atoms with Crippen LogP contribution in [0.25, 0.3) is 11.3 Å². The van der Waals surface area contributed by atoms with E-state index >= 15 is 0 Å². The van der Waals surface area contributed by atoms with Crippen LogP contribution >= 0.6 is 0 Å². The lowest BCUT2D eigenvalue weighted by atomic mass is 10.1. The molecule has 1 aromatic heterocycles. The molecule has 0 saturated carbocycles. The molecular formula is C17H15N3O. The third-order valence-corrected chi connectivity index (χ3v) is 3.10. The maximum absolute atomic E-state index is 5.83. The average molecular weight is 277 g/mol. The Balaban J connectivity index is 1.71. The summed E-state index contributed by atoms with van der Waals surface area (Å²) in [5, 5.41) is 0. The predicted octanol–water partition coefficient (Wildman–Crippen LogP) is 3.30. The van der Waals surface area contributed by atoms with Crippen molar-refractivity contribution in [2.24, 2.45) is 0 Å². The van der Waals surface area contributed by atoms with Gasteiger partial charge in [-0.05, 0) is 17.7 Å². The highest BCUT2D eigenvalue weighted by Gasteiger charge is 2.04. The molecule has 0 amide bonds. The van der Waals surface area contributed by atoms with Crippen molar-refractivity contribution in [1.82, 2.24) is 9.97 Å². The van der Waals surface area contributed by atoms with Gasteiger partial charge in [-0.15, -0.1) is 0 Å². The number of aromatic nitrogens is 2. The zero-order valence-corrected chi connectivity index (χ0v) is 11.4. The monoisotopic (exact) mass is 277 g/mol. The molecule has 21 heavy (non-hydrogen) atoms. The zero-order chi connectivity index (χ0) is 14.5. The van der Waals surface area contributed by atoms with Crippen LogP contribution in [-0.2, 0) is 6.61 Å². The lowest BCUT2D eigenvalue weighted by molar-refractivity contribution is 0.306. The van der Waals surface area contributed by atoms with E-state index in [4.69, 9.17) is 10.5 Å². The number of anilines is 1. The highest BCUT2D eigenvalue weighted by Crippen LogP contribution is 2.22. The van der Waals surface area contributed by atoms with Gasteiger partial charge in [-0.3, -0.25) is 4.98 Å². The minimum absolute atomic E-state index is 0.436. The zero-order valence-electron chi connectivity index (χ0n) is 11.4. The molecule has 0 radical (unpaired) electrons. The third kappa shape index (κ3) is 3.17. The lowest BCUT2D eigenvalue weighted by Crippen LogP contribution is -1.97. The second kappa shape index (κ2) is 6.05. The van der Waals surface area contributed by atoms with Gasteiger partial charge in [0.2, 0.25) is 0 Å². The van der Waals surface area contributed by atoms with Gasteiger partial charge in [0.25, 0.3) is 0 Å². The first-order chi connectivity index (χ1) is 10.3. The molecule has 4 nitrogen and oxygen atoms in total. The van der Waals surface area contributed by atoms with Crippen molar-refractivity contribution < 1.29 is 4.74 Å². The Morgan fingerprint density at radius 1 is 0.857 bits per heavy atom. The van der Waals surface area contributed by atoms with E-state index in [0.717, 1.165) is 16.9 Å². The Kier molecular flexibility index (Phi) is 3.78. The van der Waals surface area contributed by atoms with E-state index in [1.807, 2.05) is 54.6 Å². The predicted molar refractivity (Wildman–Crippen MR) is 82.7 cm³/mol. The summed E-state index contributed by atoms with van der Waals surface area (Å²) in [5.74, 6) is 1.30. The van der Waals surface area contributed by atoms with Gasteiger partial charge >= 0.3 is 0 Å². The molecule has 3 aromatic rings. The van der Waals surface area contributed by atoms with Gasteiger partial charge in [-0.25, -0.2) is 4.98 Å². The minimum atomic E-state index is 0.436. The summed E-state index contributed by atoms with van der Waals surface area (Å²) in [5.41, 5.74) is 8.57. The number of rotatable bonds is 4. The van der Waals surface area contributed by atoms with Crippen LogP contribution in [0.5, 0.6) is 5.75 Å². The molecule has 0 aliphatic rings. The summed E-state index contributed by atoms with van der Waals surface area (Å²) in [6.07, 6.45) is 3.22. The Bertz CT molecular complexity index is 712. The van der Waals surface area contributed by atoms with Gasteiger partial charge in [-0.1, -0.05) is 42.5 Å². The Morgan fingerprint density at radius 3 is 2.29 bits per heavy atom. The van der Waals surface area contributed by atoms with Crippen molar-refractivity contribution in [1.29, 1.82) is 0 Å². The van der Waals surface area contributed by atoms with Gasteiger partial charge in [0.05, 0.1) is 0 Å². The molecule has 0 aliphatic carbocycles. The number of hydrogen-bond donors (Lipinski definition) is 1. The molecule has 0 fully saturated rings. The number of nitrogens with zero attached hydrogens (tertiary/aromatic N) is 2. The molecule has 0 unspecified atom stereocenters. The van der Waals surface area contributed by atoms with E-state index < -0.39 is 0 Å². The van der Waals surface area contributed by atoms with Crippen LogP contribution in [0.3, 0.4) is 0 Å². The quantitative estimate of drug-likeness (QED) is 0.794. The number of nitrogens with two attached hydrogens (primary N) is 1. The molecule has 0 spiro atoms. The van der Waals surface area contributed by atoms with E-state index in [9.17, 15) is 0 Å². The fraction of sp³-hybridized carbons (Fsp3) is 0.0588. The molecule has 1 heterocycles. The Morgan fingerprint density at radius 2 is 1.57 bits per heavy atom. The standard InChI is InChI=1S/C17H15N3O/c18-17-16(19-10-11-20-17)14-8-6-13(7-9-14)12-21-15-4-2-1-3-5-15/h1-11H,12H2,(H2,18,20). The van der Waals surface area contributed by atoms with Crippen molar-refractivity contribution in [2.45, 2.75) is 6.61 Å². The summed E-state index contributed by atoms with van der Waals surface area (Å²) < 4.78 is 5.71. The summed E-state index contributed by atoms with van der Waals surface area (Å²) in [6, 6.07) is 17.7. The van der Waals surface area contributed by atoms with E-state index in [1.165, 1.54) is 0 Å². The molecule has 0 bridgehead atoms. The van der Waals surface area contributed by atoms with Gasteiger partial charge in [0.1, 0.15) is 23.9 Å². The van der Waals surface area contributed by atoms with Crippen molar-refractivity contribution in [3.8, 4) is 17.0 Å². The highest BCUT2D eigenvalue weighted by molar-refractivity contribution is 5.69. The van der Waals surface area contributed by atoms with Crippen LogP contribution in [0, 0.1) is 0 Å². The SMILES string of the molecule is Nc1nccnc1-c1ccc(COc2ccccc2)cc1. The van der Waals surface area contributed by atoms with E-state index in [2.05, 4.69) is 9.97 Å². The molecule has 4 heteroatoms. The number of para-hydroxylation sites is 1. The van der Waals surface area contributed by atoms with Crippen LogP contribution in [0.1, 0.15) is 5.56 Å². The molecule has 0 saturated heterocycles. The smallest absolute Gasteiger partial charge is 0.149 e. The molecule has 0 atom stereocenters. The Labute approximate surface area is 123 Å². The van der Waals surface area contributed by atoms with Crippen LogP contribution < -0.4 is 10.5 Å². The molecule has 2 N–H and O–H groups in total. The van der Waals surface area contributed by atoms with Gasteiger partial charge in [-0.2, -0.15) is 0 Å². The number of nitrogen functional groups attached to an aromatic ring is 1. The first-order valence-corrected chi connectivity index (χ1v) is 6.66. The normalized spacial score (nSPS) is 10.3. The summed E-state index contributed by atoms with van der Waals surface area (Å²) in [7, 11) is 0. The second-order valence-electron chi connectivity index (χ2n) is 4.59. The van der Waals surface area contributed by atoms with E-state index in [0.29, 0.717) is 18.1 Å². The van der Waals surface area contributed by atoms with Crippen LogP contribution in [0.15, 0.2) is 67.0 Å². The molecule has 2 aromatic carbocycles. The number of ether oxygens (including phenoxy) is 1. The topological polar surface area (TPSA) is 61.0 Å². The molecular weight excluding hydrogens is 262 g/mol. The fourth-order valence-electron chi connectivity index (χ4n) is 2.01. The number of benzene rings is 2. The summed E-state index contributed by atoms with van der Waals surface area (Å²) in [4.78, 5) is 8.30. The van der Waals surface area contributed by atoms with Gasteiger partial charge < -0.3 is 10.5 Å². The molecule has 0 aliphatic heterocycles. The maximum atomic E-state index is 5.83. The largest absolute Gasteiger partial charge is 0.489 e. The average Bonchev–Trinajstić information content (AvgIpc) is 2.55. The van der Waals surface area contributed by atoms with Crippen LogP contribution in [-0.4, -0.2) is 9.97 Å². The van der Waals surface area contributed by atoms with Crippen LogP contribution in [0.4, 0.5) is 5.82 Å². The van der Waals surface area contributed by atoms with E-state index in [1.54, 1.807) is 12.4 Å². The minimum Gasteiger partial charge on any atom is -0.489 e. The number of hydrogen-bond acceptors (Lipinski definition) is 4. The van der Waals surface area contributed by atoms with Crippen molar-refractivity contribution in [3.63, 3.8) is 0 Å². The molecule has 104 valence electrons. The third-order valence-electron chi connectivity index (χ3n) is 3.10. The van der Waals surface area contributed by atoms with Crippen molar-refractivity contribution in [2.75, 3.05) is 5.73 Å². The summed E-state index contributed by atoms with van der Waals surface area (Å²) >= 11 is 0. The van der Waals surface area contributed by atoms with Gasteiger partial charge in [0.15, 0.2) is 0 Å². The Hall–Kier alpha value is -2.88. The van der Waals surface area contributed by atoms with Crippen molar-refractivity contribution >= 4 is 5.82 Å². The van der Waals surface area contributed by atoms with Gasteiger partial charge in [0, 0.05) is 18.0 Å². The first kappa shape index (κ1) is 13.1.